The molecule has 5 nitrogen and oxygen atoms in total. The zero-order chi connectivity index (χ0) is 24.0. The van der Waals surface area contributed by atoms with E-state index in [-0.39, 0.29) is 5.95 Å². The molecule has 0 atom stereocenters. The van der Waals surface area contributed by atoms with Gasteiger partial charge >= 0.3 is 0 Å². The van der Waals surface area contributed by atoms with Crippen molar-refractivity contribution >= 4 is 27.6 Å². The van der Waals surface area contributed by atoms with Crippen molar-refractivity contribution in [1.29, 1.82) is 5.26 Å². The van der Waals surface area contributed by atoms with Crippen molar-refractivity contribution in [1.82, 2.24) is 9.97 Å². The van der Waals surface area contributed by atoms with Gasteiger partial charge < -0.3 is 0 Å². The smallest absolute Gasteiger partial charge is 0.259 e. The first-order chi connectivity index (χ1) is 17.2. The van der Waals surface area contributed by atoms with Crippen LogP contribution in [0.1, 0.15) is 0 Å². The maximum absolute atomic E-state index is 9.89. The fourth-order valence-corrected chi connectivity index (χ4v) is 3.94. The molecule has 0 aliphatic rings. The van der Waals surface area contributed by atoms with Gasteiger partial charge in [0.2, 0.25) is 6.19 Å². The molecule has 0 aliphatic carbocycles. The molecular formula is C29H20BrN5. The molecule has 0 spiro atoms. The lowest BCUT2D eigenvalue weighted by molar-refractivity contribution is 1.03. The third kappa shape index (κ3) is 5.21. The van der Waals surface area contributed by atoms with E-state index in [1.165, 1.54) is 5.01 Å². The van der Waals surface area contributed by atoms with Crippen LogP contribution < -0.4 is 10.4 Å². The van der Waals surface area contributed by atoms with E-state index in [4.69, 9.17) is 9.97 Å². The van der Waals surface area contributed by atoms with Gasteiger partial charge in [-0.05, 0) is 41.5 Å². The van der Waals surface area contributed by atoms with E-state index in [2.05, 4.69) is 51.8 Å². The number of hydrazine groups is 1. The van der Waals surface area contributed by atoms with Gasteiger partial charge in [-0.3, -0.25) is 5.43 Å². The van der Waals surface area contributed by atoms with Gasteiger partial charge in [0, 0.05) is 15.6 Å². The van der Waals surface area contributed by atoms with Crippen molar-refractivity contribution in [2.45, 2.75) is 0 Å². The second-order valence-corrected chi connectivity index (χ2v) is 8.72. The highest BCUT2D eigenvalue weighted by atomic mass is 79.9. The second kappa shape index (κ2) is 10.2. The van der Waals surface area contributed by atoms with Crippen molar-refractivity contribution in [2.24, 2.45) is 0 Å². The van der Waals surface area contributed by atoms with Crippen molar-refractivity contribution < 1.29 is 0 Å². The Kier molecular flexibility index (Phi) is 6.51. The lowest BCUT2D eigenvalue weighted by atomic mass is 10.0. The monoisotopic (exact) mass is 517 g/mol. The number of anilines is 2. The summed E-state index contributed by atoms with van der Waals surface area (Å²) < 4.78 is 0.983. The summed E-state index contributed by atoms with van der Waals surface area (Å²) in [6.07, 6.45) is 2.15. The van der Waals surface area contributed by atoms with Crippen LogP contribution in [0.25, 0.3) is 33.6 Å². The molecule has 0 radical (unpaired) electrons. The summed E-state index contributed by atoms with van der Waals surface area (Å²) in [7, 11) is 0. The first-order valence-corrected chi connectivity index (χ1v) is 11.8. The largest absolute Gasteiger partial charge is 0.282 e. The van der Waals surface area contributed by atoms with E-state index in [1.54, 1.807) is 0 Å². The summed E-state index contributed by atoms with van der Waals surface area (Å²) >= 11 is 3.49. The second-order valence-electron chi connectivity index (χ2n) is 7.80. The van der Waals surface area contributed by atoms with Crippen LogP contribution in [0.4, 0.5) is 11.6 Å². The number of aromatic nitrogens is 2. The van der Waals surface area contributed by atoms with E-state index in [1.807, 2.05) is 91.0 Å². The number of para-hydroxylation sites is 1. The van der Waals surface area contributed by atoms with E-state index in [0.717, 1.165) is 43.8 Å². The summed E-state index contributed by atoms with van der Waals surface area (Å²) in [6, 6.07) is 37.8. The molecule has 168 valence electrons. The van der Waals surface area contributed by atoms with Crippen LogP contribution in [-0.2, 0) is 0 Å². The topological polar surface area (TPSA) is 64.8 Å². The highest BCUT2D eigenvalue weighted by molar-refractivity contribution is 9.10. The average molecular weight is 518 g/mol. The molecule has 0 amide bonds. The zero-order valence-corrected chi connectivity index (χ0v) is 20.2. The molecule has 0 saturated heterocycles. The zero-order valence-electron chi connectivity index (χ0n) is 18.6. The molecule has 1 N–H and O–H groups in total. The van der Waals surface area contributed by atoms with Gasteiger partial charge in [-0.2, -0.15) is 10.3 Å². The maximum atomic E-state index is 9.89. The van der Waals surface area contributed by atoms with Gasteiger partial charge in [-0.1, -0.05) is 101 Å². The van der Waals surface area contributed by atoms with Crippen LogP contribution in [0, 0.1) is 11.5 Å². The number of halogens is 1. The molecule has 4 aromatic carbocycles. The number of hydrogen-bond donors (Lipinski definition) is 1. The Labute approximate surface area is 212 Å². The molecule has 1 aromatic heterocycles. The molecule has 1 heterocycles. The average Bonchev–Trinajstić information content (AvgIpc) is 2.93. The van der Waals surface area contributed by atoms with Gasteiger partial charge in [0.25, 0.3) is 5.95 Å². The molecule has 0 saturated carbocycles. The minimum atomic E-state index is 0.263. The molecular weight excluding hydrogens is 498 g/mol. The van der Waals surface area contributed by atoms with E-state index >= 15 is 0 Å². The standard InChI is InChI=1S/C29H20BrN5/c30-25-17-15-24(16-18-25)28-19-27(23-13-11-22(12-14-23)21-7-3-1-4-8-21)32-29(33-28)35(20-31)34-26-9-5-2-6-10-26/h1-19,34H. The van der Waals surface area contributed by atoms with Gasteiger partial charge in [0.15, 0.2) is 0 Å². The molecule has 35 heavy (non-hydrogen) atoms. The van der Waals surface area contributed by atoms with Gasteiger partial charge in [-0.15, -0.1) is 0 Å². The summed E-state index contributed by atoms with van der Waals surface area (Å²) in [5.41, 5.74) is 9.43. The summed E-state index contributed by atoms with van der Waals surface area (Å²) in [6.45, 7) is 0. The number of rotatable bonds is 6. The quantitative estimate of drug-likeness (QED) is 0.143. The van der Waals surface area contributed by atoms with Gasteiger partial charge in [0.1, 0.15) is 0 Å². The Hall–Kier alpha value is -4.47. The number of nitrogens with one attached hydrogen (secondary N) is 1. The van der Waals surface area contributed by atoms with Crippen molar-refractivity contribution in [3.63, 3.8) is 0 Å². The van der Waals surface area contributed by atoms with Gasteiger partial charge in [0.05, 0.1) is 17.1 Å². The summed E-state index contributed by atoms with van der Waals surface area (Å²) in [4.78, 5) is 9.44. The molecule has 5 rings (SSSR count). The highest BCUT2D eigenvalue weighted by Gasteiger charge is 2.15. The lowest BCUT2D eigenvalue weighted by Crippen LogP contribution is -2.26. The Morgan fingerprint density at radius 2 is 1.11 bits per heavy atom. The Balaban J connectivity index is 1.56. The van der Waals surface area contributed by atoms with Crippen LogP contribution in [0.15, 0.2) is 120 Å². The summed E-state index contributed by atoms with van der Waals surface area (Å²) in [5.74, 6) is 0.263. The van der Waals surface area contributed by atoms with Gasteiger partial charge in [-0.25, -0.2) is 9.97 Å². The predicted molar refractivity (Wildman–Crippen MR) is 144 cm³/mol. The number of benzene rings is 4. The molecule has 5 aromatic rings. The molecule has 0 bridgehead atoms. The van der Waals surface area contributed by atoms with Crippen LogP contribution in [-0.4, -0.2) is 9.97 Å². The van der Waals surface area contributed by atoms with Crippen LogP contribution in [0.5, 0.6) is 0 Å². The molecule has 0 fully saturated rings. The third-order valence-electron chi connectivity index (χ3n) is 5.46. The van der Waals surface area contributed by atoms with E-state index in [0.29, 0.717) is 0 Å². The fraction of sp³-hybridized carbons (Fsp3) is 0. The predicted octanol–water partition coefficient (Wildman–Crippen LogP) is 7.55. The molecule has 0 unspecified atom stereocenters. The lowest BCUT2D eigenvalue weighted by Gasteiger charge is -2.18. The summed E-state index contributed by atoms with van der Waals surface area (Å²) in [5, 5.41) is 11.2. The number of nitriles is 1. The normalized spacial score (nSPS) is 10.4. The minimum absolute atomic E-state index is 0.263. The SMILES string of the molecule is N#CN(Nc1ccccc1)c1nc(-c2ccc(Br)cc2)cc(-c2ccc(-c3ccccc3)cc2)n1. The van der Waals surface area contributed by atoms with Crippen LogP contribution in [0.2, 0.25) is 0 Å². The van der Waals surface area contributed by atoms with E-state index in [9.17, 15) is 5.26 Å². The number of nitrogens with zero attached hydrogens (tertiary/aromatic N) is 4. The van der Waals surface area contributed by atoms with Crippen molar-refractivity contribution in [3.8, 4) is 39.8 Å². The molecule has 6 heteroatoms. The Bertz CT molecular complexity index is 1460. The van der Waals surface area contributed by atoms with Crippen molar-refractivity contribution in [2.75, 3.05) is 10.4 Å². The molecule has 0 aliphatic heterocycles. The van der Waals surface area contributed by atoms with Crippen LogP contribution in [0.3, 0.4) is 0 Å². The van der Waals surface area contributed by atoms with Crippen LogP contribution >= 0.6 is 15.9 Å². The fourth-order valence-electron chi connectivity index (χ4n) is 3.68. The van der Waals surface area contributed by atoms with E-state index < -0.39 is 0 Å². The number of hydrogen-bond acceptors (Lipinski definition) is 5. The Morgan fingerprint density at radius 3 is 1.69 bits per heavy atom. The van der Waals surface area contributed by atoms with Crippen molar-refractivity contribution in [3.05, 3.63) is 120 Å². The Morgan fingerprint density at radius 1 is 0.629 bits per heavy atom. The maximum Gasteiger partial charge on any atom is 0.259 e. The third-order valence-corrected chi connectivity index (χ3v) is 5.99. The minimum Gasteiger partial charge on any atom is -0.282 e. The highest BCUT2D eigenvalue weighted by Crippen LogP contribution is 2.29. The first kappa shape index (κ1) is 22.3. The first-order valence-electron chi connectivity index (χ1n) is 11.0.